The standard InChI is InChI=1S/C11H16O3/c1-3-10(12)8-4-5-11(13)9(6-8)7-14-2/h4-6,10,12-13H,3,7H2,1-2H3/t10-/m0/s1. The van der Waals surface area contributed by atoms with Gasteiger partial charge in [-0.25, -0.2) is 0 Å². The van der Waals surface area contributed by atoms with Crippen LogP contribution in [0.15, 0.2) is 18.2 Å². The number of methoxy groups -OCH3 is 1. The number of rotatable bonds is 4. The lowest BCUT2D eigenvalue weighted by Crippen LogP contribution is -1.97. The molecule has 3 nitrogen and oxygen atoms in total. The van der Waals surface area contributed by atoms with Gasteiger partial charge in [-0.2, -0.15) is 0 Å². The highest BCUT2D eigenvalue weighted by Crippen LogP contribution is 2.24. The zero-order chi connectivity index (χ0) is 10.6. The van der Waals surface area contributed by atoms with Gasteiger partial charge >= 0.3 is 0 Å². The molecule has 3 heteroatoms. The van der Waals surface area contributed by atoms with Gasteiger partial charge in [0.25, 0.3) is 0 Å². The Labute approximate surface area is 84.0 Å². The lowest BCUT2D eigenvalue weighted by molar-refractivity contribution is 0.170. The summed E-state index contributed by atoms with van der Waals surface area (Å²) in [7, 11) is 1.57. The van der Waals surface area contributed by atoms with E-state index in [4.69, 9.17) is 4.74 Å². The summed E-state index contributed by atoms with van der Waals surface area (Å²) >= 11 is 0. The van der Waals surface area contributed by atoms with Crippen LogP contribution in [0.1, 0.15) is 30.6 Å². The van der Waals surface area contributed by atoms with Crippen LogP contribution in [-0.4, -0.2) is 17.3 Å². The third-order valence-corrected chi connectivity index (χ3v) is 2.17. The first-order chi connectivity index (χ1) is 6.69. The van der Waals surface area contributed by atoms with E-state index in [1.165, 1.54) is 0 Å². The minimum Gasteiger partial charge on any atom is -0.508 e. The normalized spacial score (nSPS) is 12.8. The third kappa shape index (κ3) is 2.47. The van der Waals surface area contributed by atoms with Crippen molar-refractivity contribution in [1.82, 2.24) is 0 Å². The van der Waals surface area contributed by atoms with E-state index in [-0.39, 0.29) is 5.75 Å². The molecule has 1 aromatic rings. The Hall–Kier alpha value is -1.06. The SMILES string of the molecule is CC[C@H](O)c1ccc(O)c(COC)c1. The van der Waals surface area contributed by atoms with Crippen LogP contribution in [0.5, 0.6) is 5.75 Å². The Kier molecular flexibility index (Phi) is 3.92. The van der Waals surface area contributed by atoms with Crippen LogP contribution in [0.3, 0.4) is 0 Å². The lowest BCUT2D eigenvalue weighted by atomic mass is 10.0. The van der Waals surface area contributed by atoms with E-state index in [0.29, 0.717) is 18.6 Å². The first-order valence-electron chi connectivity index (χ1n) is 4.67. The minimum atomic E-state index is -0.466. The molecule has 0 saturated heterocycles. The zero-order valence-electron chi connectivity index (χ0n) is 8.53. The molecule has 0 heterocycles. The molecule has 0 amide bonds. The molecule has 1 rings (SSSR count). The van der Waals surface area contributed by atoms with Crippen molar-refractivity contribution in [1.29, 1.82) is 0 Å². The summed E-state index contributed by atoms with van der Waals surface area (Å²) in [6.07, 6.45) is 0.197. The molecule has 0 fully saturated rings. The van der Waals surface area contributed by atoms with Gasteiger partial charge < -0.3 is 14.9 Å². The summed E-state index contributed by atoms with van der Waals surface area (Å²) in [5.74, 6) is 0.207. The highest BCUT2D eigenvalue weighted by atomic mass is 16.5. The van der Waals surface area contributed by atoms with Crippen LogP contribution in [0.25, 0.3) is 0 Å². The maximum absolute atomic E-state index is 9.59. The van der Waals surface area contributed by atoms with E-state index in [0.717, 1.165) is 5.56 Å². The van der Waals surface area contributed by atoms with E-state index in [1.54, 1.807) is 25.3 Å². The van der Waals surface area contributed by atoms with Gasteiger partial charge in [-0.15, -0.1) is 0 Å². The van der Waals surface area contributed by atoms with E-state index in [1.807, 2.05) is 6.92 Å². The average Bonchev–Trinajstić information content (AvgIpc) is 2.20. The quantitative estimate of drug-likeness (QED) is 0.774. The van der Waals surface area contributed by atoms with Crippen molar-refractivity contribution in [3.63, 3.8) is 0 Å². The highest BCUT2D eigenvalue weighted by Gasteiger charge is 2.08. The Morgan fingerprint density at radius 1 is 1.43 bits per heavy atom. The second-order valence-corrected chi connectivity index (χ2v) is 3.25. The molecular formula is C11H16O3. The number of aromatic hydroxyl groups is 1. The van der Waals surface area contributed by atoms with Crippen molar-refractivity contribution in [2.45, 2.75) is 26.1 Å². The summed E-state index contributed by atoms with van der Waals surface area (Å²) in [6, 6.07) is 5.08. The van der Waals surface area contributed by atoms with E-state index in [9.17, 15) is 10.2 Å². The van der Waals surface area contributed by atoms with Crippen LogP contribution in [0, 0.1) is 0 Å². The van der Waals surface area contributed by atoms with Crippen LogP contribution in [-0.2, 0) is 11.3 Å². The monoisotopic (exact) mass is 196 g/mol. The van der Waals surface area contributed by atoms with Gasteiger partial charge in [0.15, 0.2) is 0 Å². The number of aliphatic hydroxyl groups excluding tert-OH is 1. The van der Waals surface area contributed by atoms with Crippen LogP contribution in [0.4, 0.5) is 0 Å². The summed E-state index contributed by atoms with van der Waals surface area (Å²) in [5.41, 5.74) is 1.52. The first-order valence-corrected chi connectivity index (χ1v) is 4.67. The van der Waals surface area contributed by atoms with Gasteiger partial charge in [0.05, 0.1) is 12.7 Å². The summed E-state index contributed by atoms with van der Waals surface area (Å²) in [4.78, 5) is 0. The van der Waals surface area contributed by atoms with Crippen LogP contribution in [0.2, 0.25) is 0 Å². The van der Waals surface area contributed by atoms with Crippen molar-refractivity contribution >= 4 is 0 Å². The van der Waals surface area contributed by atoms with E-state index < -0.39 is 6.10 Å². The zero-order valence-corrected chi connectivity index (χ0v) is 8.53. The molecule has 0 bridgehead atoms. The summed E-state index contributed by atoms with van der Waals surface area (Å²) in [6.45, 7) is 2.27. The second-order valence-electron chi connectivity index (χ2n) is 3.25. The maximum Gasteiger partial charge on any atom is 0.121 e. The number of aliphatic hydroxyl groups is 1. The largest absolute Gasteiger partial charge is 0.508 e. The fraction of sp³-hybridized carbons (Fsp3) is 0.455. The van der Waals surface area contributed by atoms with Gasteiger partial charge in [0.2, 0.25) is 0 Å². The molecule has 1 atom stereocenters. The van der Waals surface area contributed by atoms with Gasteiger partial charge in [0.1, 0.15) is 5.75 Å². The van der Waals surface area contributed by atoms with Crippen LogP contribution < -0.4 is 0 Å². The molecule has 0 saturated carbocycles. The minimum absolute atomic E-state index is 0.207. The fourth-order valence-electron chi connectivity index (χ4n) is 1.32. The van der Waals surface area contributed by atoms with Crippen molar-refractivity contribution in [3.8, 4) is 5.75 Å². The number of hydrogen-bond acceptors (Lipinski definition) is 3. The van der Waals surface area contributed by atoms with Crippen molar-refractivity contribution in [2.75, 3.05) is 7.11 Å². The smallest absolute Gasteiger partial charge is 0.121 e. The average molecular weight is 196 g/mol. The molecule has 0 aromatic heterocycles. The topological polar surface area (TPSA) is 49.7 Å². The van der Waals surface area contributed by atoms with Crippen molar-refractivity contribution in [3.05, 3.63) is 29.3 Å². The Morgan fingerprint density at radius 3 is 2.71 bits per heavy atom. The van der Waals surface area contributed by atoms with Gasteiger partial charge in [-0.3, -0.25) is 0 Å². The lowest BCUT2D eigenvalue weighted by Gasteiger charge is -2.11. The van der Waals surface area contributed by atoms with Crippen molar-refractivity contribution < 1.29 is 14.9 Å². The highest BCUT2D eigenvalue weighted by molar-refractivity contribution is 5.36. The molecule has 14 heavy (non-hydrogen) atoms. The number of benzene rings is 1. The Morgan fingerprint density at radius 2 is 2.14 bits per heavy atom. The van der Waals surface area contributed by atoms with E-state index in [2.05, 4.69) is 0 Å². The van der Waals surface area contributed by atoms with Crippen molar-refractivity contribution in [2.24, 2.45) is 0 Å². The van der Waals surface area contributed by atoms with Gasteiger partial charge in [0, 0.05) is 12.7 Å². The van der Waals surface area contributed by atoms with Gasteiger partial charge in [-0.1, -0.05) is 13.0 Å². The number of ether oxygens (including phenoxy) is 1. The Balaban J connectivity index is 2.93. The number of phenolic OH excluding ortho intramolecular Hbond substituents is 1. The molecule has 0 unspecified atom stereocenters. The summed E-state index contributed by atoms with van der Waals surface area (Å²) < 4.78 is 4.94. The predicted molar refractivity (Wildman–Crippen MR) is 54.1 cm³/mol. The van der Waals surface area contributed by atoms with E-state index >= 15 is 0 Å². The third-order valence-electron chi connectivity index (χ3n) is 2.17. The molecular weight excluding hydrogens is 180 g/mol. The van der Waals surface area contributed by atoms with Crippen LogP contribution >= 0.6 is 0 Å². The molecule has 2 N–H and O–H groups in total. The molecule has 0 aliphatic carbocycles. The first kappa shape index (κ1) is 11.0. The number of phenols is 1. The fourth-order valence-corrected chi connectivity index (χ4v) is 1.32. The van der Waals surface area contributed by atoms with Gasteiger partial charge in [-0.05, 0) is 24.1 Å². The molecule has 0 aliphatic heterocycles. The molecule has 0 aliphatic rings. The Bertz CT molecular complexity index is 297. The molecule has 78 valence electrons. The summed E-state index contributed by atoms with van der Waals surface area (Å²) in [5, 5.41) is 19.0. The molecule has 0 spiro atoms. The molecule has 1 aromatic carbocycles. The number of hydrogen-bond donors (Lipinski definition) is 2. The predicted octanol–water partition coefficient (Wildman–Crippen LogP) is 1.98. The molecule has 0 radical (unpaired) electrons. The maximum atomic E-state index is 9.59. The second kappa shape index (κ2) is 4.98.